The molecule has 0 fully saturated rings. The lowest BCUT2D eigenvalue weighted by molar-refractivity contribution is -0.122. The van der Waals surface area contributed by atoms with E-state index in [1.54, 1.807) is 14.0 Å². The third-order valence-electron chi connectivity index (χ3n) is 4.52. The van der Waals surface area contributed by atoms with Crippen molar-refractivity contribution >= 4 is 21.6 Å². The van der Waals surface area contributed by atoms with Gasteiger partial charge in [-0.2, -0.15) is 0 Å². The van der Waals surface area contributed by atoms with Gasteiger partial charge in [0.1, 0.15) is 17.6 Å². The molecule has 2 aromatic carbocycles. The summed E-state index contributed by atoms with van der Waals surface area (Å²) in [6.45, 7) is 2.08. The Labute approximate surface area is 171 Å². The molecule has 2 rings (SSSR count). The van der Waals surface area contributed by atoms with Crippen LogP contribution in [0.25, 0.3) is 0 Å². The number of anilines is 1. The number of hydrogen-bond acceptors (Lipinski definition) is 4. The van der Waals surface area contributed by atoms with Gasteiger partial charge in [-0.25, -0.2) is 12.8 Å². The van der Waals surface area contributed by atoms with Crippen LogP contribution in [0.2, 0.25) is 0 Å². The van der Waals surface area contributed by atoms with Crippen LogP contribution < -0.4 is 14.4 Å². The molecule has 6 nitrogen and oxygen atoms in total. The number of hydrogen-bond donors (Lipinski definition) is 1. The zero-order chi connectivity index (χ0) is 21.4. The van der Waals surface area contributed by atoms with E-state index in [1.165, 1.54) is 24.3 Å². The van der Waals surface area contributed by atoms with Crippen LogP contribution in [0.4, 0.5) is 10.1 Å². The average Bonchev–Trinajstić information content (AvgIpc) is 2.69. The minimum Gasteiger partial charge on any atom is -0.497 e. The van der Waals surface area contributed by atoms with Gasteiger partial charge >= 0.3 is 0 Å². The molecule has 2 aromatic rings. The predicted molar refractivity (Wildman–Crippen MR) is 112 cm³/mol. The summed E-state index contributed by atoms with van der Waals surface area (Å²) in [6.07, 6.45) is 2.63. The van der Waals surface area contributed by atoms with E-state index in [-0.39, 0.29) is 12.1 Å². The molecule has 158 valence electrons. The first-order valence-electron chi connectivity index (χ1n) is 9.42. The van der Waals surface area contributed by atoms with Crippen molar-refractivity contribution in [1.82, 2.24) is 5.32 Å². The van der Waals surface area contributed by atoms with Crippen molar-refractivity contribution in [3.63, 3.8) is 0 Å². The van der Waals surface area contributed by atoms with Gasteiger partial charge in [-0.3, -0.25) is 9.10 Å². The molecule has 0 saturated carbocycles. The van der Waals surface area contributed by atoms with Crippen molar-refractivity contribution in [2.24, 2.45) is 0 Å². The van der Waals surface area contributed by atoms with Crippen LogP contribution in [0.3, 0.4) is 0 Å². The van der Waals surface area contributed by atoms with Crippen LogP contribution in [-0.2, 0) is 21.2 Å². The third-order valence-corrected chi connectivity index (χ3v) is 5.69. The van der Waals surface area contributed by atoms with Crippen LogP contribution >= 0.6 is 0 Å². The van der Waals surface area contributed by atoms with Gasteiger partial charge in [-0.1, -0.05) is 31.2 Å². The quantitative estimate of drug-likeness (QED) is 0.597. The fourth-order valence-corrected chi connectivity index (χ4v) is 4.29. The van der Waals surface area contributed by atoms with Crippen LogP contribution in [0.1, 0.15) is 25.3 Å². The van der Waals surface area contributed by atoms with E-state index in [4.69, 9.17) is 4.74 Å². The number of nitrogens with zero attached hydrogens (tertiary/aromatic N) is 1. The number of sulfonamides is 1. The molecular weight excluding hydrogens is 395 g/mol. The molecule has 0 aliphatic carbocycles. The number of halogens is 1. The molecular formula is C21H27FN2O4S. The van der Waals surface area contributed by atoms with E-state index in [2.05, 4.69) is 5.32 Å². The molecule has 0 aliphatic rings. The lowest BCUT2D eigenvalue weighted by Gasteiger charge is -2.30. The minimum absolute atomic E-state index is 0.129. The maximum absolute atomic E-state index is 14.2. The lowest BCUT2D eigenvalue weighted by atomic mass is 10.1. The molecule has 0 spiro atoms. The van der Waals surface area contributed by atoms with Crippen LogP contribution in [-0.4, -0.2) is 40.3 Å². The Hall–Kier alpha value is -2.61. The Balaban J connectivity index is 2.02. The van der Waals surface area contributed by atoms with Crippen LogP contribution in [0.5, 0.6) is 5.75 Å². The van der Waals surface area contributed by atoms with E-state index >= 15 is 0 Å². The van der Waals surface area contributed by atoms with Crippen molar-refractivity contribution in [3.05, 3.63) is 59.9 Å². The van der Waals surface area contributed by atoms with Gasteiger partial charge in [-0.15, -0.1) is 0 Å². The smallest absolute Gasteiger partial charge is 0.243 e. The van der Waals surface area contributed by atoms with Gasteiger partial charge in [0.2, 0.25) is 15.9 Å². The number of carbonyl (C=O) groups is 1. The van der Waals surface area contributed by atoms with Crippen molar-refractivity contribution in [3.8, 4) is 5.75 Å². The molecule has 0 radical (unpaired) electrons. The molecule has 0 aromatic heterocycles. The third kappa shape index (κ3) is 6.19. The van der Waals surface area contributed by atoms with Crippen LogP contribution in [0.15, 0.2) is 48.5 Å². The standard InChI is InChI=1S/C21H27FN2O4S/c1-4-19(24(29(3,26)27)20-10-6-5-9-18(20)22)21(25)23-15-7-8-16-11-13-17(28-2)14-12-16/h5-6,9-14,19H,4,7-8,15H2,1-3H3,(H,23,25)/t19-/m0/s1. The van der Waals surface area contributed by atoms with Gasteiger partial charge in [0.05, 0.1) is 19.1 Å². The molecule has 0 heterocycles. The molecule has 29 heavy (non-hydrogen) atoms. The molecule has 0 saturated heterocycles. The number of nitrogens with one attached hydrogen (secondary N) is 1. The van der Waals surface area contributed by atoms with Crippen LogP contribution in [0, 0.1) is 5.82 Å². The van der Waals surface area contributed by atoms with E-state index in [9.17, 15) is 17.6 Å². The Morgan fingerprint density at radius 3 is 2.38 bits per heavy atom. The lowest BCUT2D eigenvalue weighted by Crippen LogP contribution is -2.49. The van der Waals surface area contributed by atoms with Gasteiger partial charge < -0.3 is 10.1 Å². The first-order chi connectivity index (χ1) is 13.8. The molecule has 1 amide bonds. The summed E-state index contributed by atoms with van der Waals surface area (Å²) < 4.78 is 44.9. The topological polar surface area (TPSA) is 75.7 Å². The summed E-state index contributed by atoms with van der Waals surface area (Å²) in [4.78, 5) is 12.7. The highest BCUT2D eigenvalue weighted by Gasteiger charge is 2.32. The number of para-hydroxylation sites is 1. The number of aryl methyl sites for hydroxylation is 1. The van der Waals surface area contributed by atoms with Crippen molar-refractivity contribution in [1.29, 1.82) is 0 Å². The second-order valence-corrected chi connectivity index (χ2v) is 8.54. The maximum atomic E-state index is 14.2. The van der Waals surface area contributed by atoms with Crippen molar-refractivity contribution < 1.29 is 22.3 Å². The number of carbonyl (C=O) groups excluding carboxylic acids is 1. The van der Waals surface area contributed by atoms with Gasteiger partial charge in [0.25, 0.3) is 0 Å². The summed E-state index contributed by atoms with van der Waals surface area (Å²) in [5, 5.41) is 2.78. The monoisotopic (exact) mass is 422 g/mol. The van der Waals surface area contributed by atoms with Gasteiger partial charge in [-0.05, 0) is 49.1 Å². The first-order valence-corrected chi connectivity index (χ1v) is 11.3. The summed E-state index contributed by atoms with van der Waals surface area (Å²) in [5.74, 6) is -0.360. The number of ether oxygens (including phenoxy) is 1. The largest absolute Gasteiger partial charge is 0.497 e. The summed E-state index contributed by atoms with van der Waals surface area (Å²) in [5.41, 5.74) is 0.978. The Morgan fingerprint density at radius 2 is 1.83 bits per heavy atom. The van der Waals surface area contributed by atoms with E-state index in [0.717, 1.165) is 28.3 Å². The molecule has 0 unspecified atom stereocenters. The highest BCUT2D eigenvalue weighted by Crippen LogP contribution is 2.25. The van der Waals surface area contributed by atoms with Crippen molar-refractivity contribution in [2.75, 3.05) is 24.2 Å². The van der Waals surface area contributed by atoms with Gasteiger partial charge in [0.15, 0.2) is 0 Å². The van der Waals surface area contributed by atoms with Gasteiger partial charge in [0, 0.05) is 6.54 Å². The van der Waals surface area contributed by atoms with E-state index < -0.39 is 27.8 Å². The predicted octanol–water partition coefficient (Wildman–Crippen LogP) is 3.13. The highest BCUT2D eigenvalue weighted by atomic mass is 32.2. The Kier molecular flexibility index (Phi) is 8.01. The zero-order valence-corrected chi connectivity index (χ0v) is 17.7. The molecule has 1 N–H and O–H groups in total. The van der Waals surface area contributed by atoms with Crippen molar-refractivity contribution in [2.45, 2.75) is 32.2 Å². The number of rotatable bonds is 10. The molecule has 1 atom stereocenters. The second kappa shape index (κ2) is 10.2. The van der Waals surface area contributed by atoms with E-state index in [1.807, 2.05) is 24.3 Å². The fraction of sp³-hybridized carbons (Fsp3) is 0.381. The molecule has 0 bridgehead atoms. The molecule has 0 aliphatic heterocycles. The SMILES string of the molecule is CC[C@@H](C(=O)NCCCc1ccc(OC)cc1)N(c1ccccc1F)S(C)(=O)=O. The summed E-state index contributed by atoms with van der Waals surface area (Å²) in [7, 11) is -2.25. The fourth-order valence-electron chi connectivity index (χ4n) is 3.08. The summed E-state index contributed by atoms with van der Waals surface area (Å²) >= 11 is 0. The second-order valence-electron chi connectivity index (χ2n) is 6.68. The average molecular weight is 423 g/mol. The minimum atomic E-state index is -3.86. The number of amides is 1. The first kappa shape index (κ1) is 22.7. The maximum Gasteiger partial charge on any atom is 0.243 e. The zero-order valence-electron chi connectivity index (χ0n) is 16.9. The molecule has 8 heteroatoms. The Morgan fingerprint density at radius 1 is 1.17 bits per heavy atom. The number of methoxy groups -OCH3 is 1. The summed E-state index contributed by atoms with van der Waals surface area (Å²) in [6, 6.07) is 12.2. The normalized spacial score (nSPS) is 12.3. The highest BCUT2D eigenvalue weighted by molar-refractivity contribution is 7.92. The number of benzene rings is 2. The Bertz CT molecular complexity index is 917. The van der Waals surface area contributed by atoms with E-state index in [0.29, 0.717) is 13.0 Å².